The number of nitrogens with zero attached hydrogens (tertiary/aromatic N) is 1. The first kappa shape index (κ1) is 19.1. The van der Waals surface area contributed by atoms with Crippen molar-refractivity contribution in [1.29, 1.82) is 0 Å². The van der Waals surface area contributed by atoms with Gasteiger partial charge in [0.1, 0.15) is 11.2 Å². The quantitative estimate of drug-likeness (QED) is 0.228. The highest BCUT2D eigenvalue weighted by molar-refractivity contribution is 6.31. The Morgan fingerprint density at radius 1 is 0.714 bits per heavy atom. The van der Waals surface area contributed by atoms with Crippen LogP contribution in [0, 0.1) is 6.92 Å². The maximum Gasteiger partial charge on any atom is 0.145 e. The van der Waals surface area contributed by atoms with Crippen LogP contribution in [0.5, 0.6) is 0 Å². The van der Waals surface area contributed by atoms with Crippen LogP contribution >= 0.6 is 0 Å². The Kier molecular flexibility index (Phi) is 3.74. The first-order valence-electron chi connectivity index (χ1n) is 12.3. The van der Waals surface area contributed by atoms with Crippen LogP contribution in [0.4, 0.5) is 0 Å². The molecule has 0 atom stereocenters. The van der Waals surface area contributed by atoms with E-state index < -0.39 is 0 Å². The average molecular weight is 450 g/mol. The molecule has 0 spiro atoms. The summed E-state index contributed by atoms with van der Waals surface area (Å²) in [5.41, 5.74) is 6.99. The molecular weight excluding hydrogens is 426 g/mol. The second kappa shape index (κ2) is 6.86. The molecule has 2 heterocycles. The van der Waals surface area contributed by atoms with Crippen molar-refractivity contribution in [3.05, 3.63) is 103 Å². The lowest BCUT2D eigenvalue weighted by Gasteiger charge is -2.13. The summed E-state index contributed by atoms with van der Waals surface area (Å²) >= 11 is 0. The van der Waals surface area contributed by atoms with E-state index in [-0.39, 0.29) is 0 Å². The van der Waals surface area contributed by atoms with Crippen LogP contribution in [-0.4, -0.2) is 4.57 Å². The molecule has 2 aromatic heterocycles. The number of aromatic nitrogens is 1. The van der Waals surface area contributed by atoms with Crippen molar-refractivity contribution in [2.24, 2.45) is 0 Å². The minimum absolute atomic E-state index is 0.949. The lowest BCUT2D eigenvalue weighted by molar-refractivity contribution is 0.673. The Balaban J connectivity index is 1.60. The number of allylic oxidation sites excluding steroid dienone is 4. The summed E-state index contributed by atoms with van der Waals surface area (Å²) in [7, 11) is 0. The van der Waals surface area contributed by atoms with Crippen molar-refractivity contribution >= 4 is 71.0 Å². The van der Waals surface area contributed by atoms with Crippen molar-refractivity contribution < 1.29 is 4.42 Å². The summed E-state index contributed by atoms with van der Waals surface area (Å²) in [4.78, 5) is 0. The molecule has 8 rings (SSSR count). The Morgan fingerprint density at radius 3 is 2.49 bits per heavy atom. The lowest BCUT2D eigenvalue weighted by atomic mass is 9.97. The fraction of sp³-hybridized carbons (Fsp3) is 0.0909. The normalized spacial score (nSPS) is 14.3. The van der Waals surface area contributed by atoms with Crippen LogP contribution in [0.15, 0.2) is 102 Å². The van der Waals surface area contributed by atoms with Crippen molar-refractivity contribution in [3.8, 4) is 0 Å². The number of fused-ring (bicyclic) bond motifs is 11. The molecule has 0 saturated carbocycles. The Morgan fingerprint density at radius 2 is 1.57 bits per heavy atom. The smallest absolute Gasteiger partial charge is 0.145 e. The van der Waals surface area contributed by atoms with Gasteiger partial charge in [0.25, 0.3) is 0 Å². The number of furan rings is 1. The molecule has 1 aliphatic carbocycles. The molecule has 2 nitrogen and oxygen atoms in total. The van der Waals surface area contributed by atoms with Gasteiger partial charge in [0, 0.05) is 27.2 Å². The fourth-order valence-electron chi connectivity index (χ4n) is 6.12. The topological polar surface area (TPSA) is 18.1 Å². The monoisotopic (exact) mass is 449 g/mol. The van der Waals surface area contributed by atoms with Crippen LogP contribution in [0.3, 0.4) is 0 Å². The van der Waals surface area contributed by atoms with Gasteiger partial charge in [-0.3, -0.25) is 0 Å². The minimum atomic E-state index is 0.949. The number of hydrogen-bond donors (Lipinski definition) is 0. The predicted octanol–water partition coefficient (Wildman–Crippen LogP) is 9.50. The zero-order valence-corrected chi connectivity index (χ0v) is 19.5. The Bertz CT molecular complexity index is 2060. The highest BCUT2D eigenvalue weighted by Crippen LogP contribution is 2.44. The molecule has 0 bridgehead atoms. The number of aryl methyl sites for hydroxylation is 1. The molecule has 2 heteroatoms. The second-order valence-electron chi connectivity index (χ2n) is 9.74. The van der Waals surface area contributed by atoms with Gasteiger partial charge in [0.15, 0.2) is 0 Å². The van der Waals surface area contributed by atoms with E-state index in [9.17, 15) is 0 Å². The van der Waals surface area contributed by atoms with Crippen LogP contribution in [0.2, 0.25) is 0 Å². The van der Waals surface area contributed by atoms with Crippen LogP contribution < -0.4 is 0 Å². The van der Waals surface area contributed by atoms with E-state index in [4.69, 9.17) is 4.42 Å². The summed E-state index contributed by atoms with van der Waals surface area (Å²) in [6.07, 6.45) is 8.80. The molecule has 7 aromatic rings. The van der Waals surface area contributed by atoms with E-state index in [1.165, 1.54) is 65.4 Å². The van der Waals surface area contributed by atoms with Crippen LogP contribution in [0.25, 0.3) is 71.0 Å². The molecular formula is C33H23NO. The number of rotatable bonds is 1. The molecule has 35 heavy (non-hydrogen) atoms. The first-order chi connectivity index (χ1) is 17.3. The lowest BCUT2D eigenvalue weighted by Crippen LogP contribution is -1.98. The van der Waals surface area contributed by atoms with Gasteiger partial charge in [-0.1, -0.05) is 66.2 Å². The molecule has 0 N–H and O–H groups in total. The second-order valence-corrected chi connectivity index (χ2v) is 9.74. The van der Waals surface area contributed by atoms with E-state index >= 15 is 0 Å². The third-order valence-electron chi connectivity index (χ3n) is 7.67. The van der Waals surface area contributed by atoms with Crippen molar-refractivity contribution in [1.82, 2.24) is 4.57 Å². The number of hydrogen-bond acceptors (Lipinski definition) is 1. The van der Waals surface area contributed by atoms with Gasteiger partial charge in [-0.05, 0) is 72.3 Å². The Labute approximate surface area is 202 Å². The van der Waals surface area contributed by atoms with E-state index in [1.807, 2.05) is 0 Å². The van der Waals surface area contributed by atoms with E-state index in [0.717, 1.165) is 24.0 Å². The molecule has 0 unspecified atom stereocenters. The van der Waals surface area contributed by atoms with Gasteiger partial charge in [0.05, 0.1) is 16.4 Å². The predicted molar refractivity (Wildman–Crippen MR) is 149 cm³/mol. The zero-order chi connectivity index (χ0) is 23.1. The van der Waals surface area contributed by atoms with Gasteiger partial charge in [0.2, 0.25) is 0 Å². The molecule has 166 valence electrons. The fourth-order valence-corrected chi connectivity index (χ4v) is 6.12. The van der Waals surface area contributed by atoms with Gasteiger partial charge in [-0.25, -0.2) is 0 Å². The maximum atomic E-state index is 6.72. The van der Waals surface area contributed by atoms with Crippen LogP contribution in [0.1, 0.15) is 18.4 Å². The van der Waals surface area contributed by atoms with Crippen molar-refractivity contribution in [2.45, 2.75) is 19.8 Å². The van der Waals surface area contributed by atoms with E-state index in [0.29, 0.717) is 0 Å². The average Bonchev–Trinajstić information content (AvgIpc) is 3.44. The summed E-state index contributed by atoms with van der Waals surface area (Å²) in [6.45, 7) is 2.17. The zero-order valence-electron chi connectivity index (χ0n) is 19.5. The SMILES string of the molecule is Cc1ccc2c(c1)c1c3oc4ccc5ccc6ccccc6c5c4c3ccc1n2C1=CC=CCC1. The highest BCUT2D eigenvalue weighted by Gasteiger charge is 2.21. The van der Waals surface area contributed by atoms with Gasteiger partial charge in [-0.15, -0.1) is 0 Å². The highest BCUT2D eigenvalue weighted by atomic mass is 16.3. The summed E-state index contributed by atoms with van der Waals surface area (Å²) in [5.74, 6) is 0. The van der Waals surface area contributed by atoms with E-state index in [1.54, 1.807) is 0 Å². The number of benzene rings is 5. The maximum absolute atomic E-state index is 6.72. The standard InChI is InChI=1S/C33H23NO/c1-20-11-16-27-26(19-20)31-28(34(27)23-8-3-2-4-9-23)17-15-25-32-29(35-33(25)31)18-14-22-13-12-21-7-5-6-10-24(21)30(22)32/h2-3,5-8,10-19H,4,9H2,1H3. The molecule has 5 aromatic carbocycles. The largest absolute Gasteiger partial charge is 0.455 e. The van der Waals surface area contributed by atoms with Crippen molar-refractivity contribution in [3.63, 3.8) is 0 Å². The summed E-state index contributed by atoms with van der Waals surface area (Å²) in [6, 6.07) is 28.8. The summed E-state index contributed by atoms with van der Waals surface area (Å²) in [5, 5.41) is 9.92. The Hall–Kier alpha value is -4.30. The molecule has 1 aliphatic rings. The molecule has 0 saturated heterocycles. The third kappa shape index (κ3) is 2.54. The van der Waals surface area contributed by atoms with Crippen LogP contribution in [-0.2, 0) is 0 Å². The molecule has 0 aliphatic heterocycles. The van der Waals surface area contributed by atoms with Gasteiger partial charge >= 0.3 is 0 Å². The molecule has 0 amide bonds. The van der Waals surface area contributed by atoms with E-state index in [2.05, 4.69) is 109 Å². The van der Waals surface area contributed by atoms with Gasteiger partial charge in [-0.2, -0.15) is 0 Å². The third-order valence-corrected chi connectivity index (χ3v) is 7.67. The van der Waals surface area contributed by atoms with Gasteiger partial charge < -0.3 is 8.98 Å². The first-order valence-corrected chi connectivity index (χ1v) is 12.3. The summed E-state index contributed by atoms with van der Waals surface area (Å²) < 4.78 is 9.16. The van der Waals surface area contributed by atoms with Crippen molar-refractivity contribution in [2.75, 3.05) is 0 Å². The molecule has 0 fully saturated rings. The molecule has 0 radical (unpaired) electrons. The minimum Gasteiger partial charge on any atom is -0.455 e.